The van der Waals surface area contributed by atoms with Gasteiger partial charge in [0, 0.05) is 16.3 Å². The maximum atomic E-state index is 9.38. The molecule has 6 heterocycles. The zero-order valence-electron chi connectivity index (χ0n) is 42.7. The summed E-state index contributed by atoms with van der Waals surface area (Å²) >= 11 is 0. The smallest absolute Gasteiger partial charge is 0.226 e. The van der Waals surface area contributed by atoms with Gasteiger partial charge in [-0.1, -0.05) is 90.7 Å². The first-order chi connectivity index (χ1) is 31.1. The van der Waals surface area contributed by atoms with Gasteiger partial charge in [-0.15, -0.1) is 0 Å². The third kappa shape index (κ3) is 2.97. The molecule has 6 aromatic heterocycles. The van der Waals surface area contributed by atoms with Crippen molar-refractivity contribution in [2.75, 3.05) is 0 Å². The fraction of sp³-hybridized carbons (Fsp3) is 0. The second-order valence-electron chi connectivity index (χ2n) is 10.2. The van der Waals surface area contributed by atoms with Gasteiger partial charge in [0.05, 0.1) is 60.5 Å². The molecule has 0 atom stereocenters. The van der Waals surface area contributed by atoms with Gasteiger partial charge >= 0.3 is 0 Å². The average Bonchev–Trinajstić information content (AvgIpc) is 4.06. The summed E-state index contributed by atoms with van der Waals surface area (Å²) in [5, 5.41) is -0.395. The number of hydrogen-bond donors (Lipinski definition) is 0. The lowest BCUT2D eigenvalue weighted by molar-refractivity contribution is 1.00. The number of imidazole rings is 3. The van der Waals surface area contributed by atoms with Gasteiger partial charge < -0.3 is 0 Å². The molecular weight excluding hydrogens is 568 g/mol. The fourth-order valence-corrected chi connectivity index (χ4v) is 5.96. The van der Waals surface area contributed by atoms with Crippen molar-refractivity contribution in [3.05, 3.63) is 133 Å². The van der Waals surface area contributed by atoms with Crippen LogP contribution in [0.15, 0.2) is 133 Å². The van der Waals surface area contributed by atoms with Gasteiger partial charge in [-0.3, -0.25) is 4.57 Å². The van der Waals surface area contributed by atoms with Crippen LogP contribution in [0.25, 0.3) is 89.3 Å². The molecule has 46 heavy (non-hydrogen) atoms. The third-order valence-corrected chi connectivity index (χ3v) is 7.83. The summed E-state index contributed by atoms with van der Waals surface area (Å²) in [5.74, 6) is -1.31. The molecule has 0 saturated heterocycles. The van der Waals surface area contributed by atoms with Crippen molar-refractivity contribution in [2.45, 2.75) is 0 Å². The third-order valence-electron chi connectivity index (χ3n) is 7.83. The maximum Gasteiger partial charge on any atom is 0.226 e. The van der Waals surface area contributed by atoms with Crippen LogP contribution in [0, 0.1) is 0 Å². The van der Waals surface area contributed by atoms with Crippen molar-refractivity contribution < 1.29 is 27.4 Å². The molecule has 0 saturated carbocycles. The number of rotatable bonds is 2. The maximum absolute atomic E-state index is 9.38. The Morgan fingerprint density at radius 1 is 0.457 bits per heavy atom. The van der Waals surface area contributed by atoms with Gasteiger partial charge in [-0.2, -0.15) is 0 Å². The van der Waals surface area contributed by atoms with Crippen molar-refractivity contribution >= 4 is 72.4 Å². The molecule has 0 amide bonds. The van der Waals surface area contributed by atoms with E-state index in [1.807, 2.05) is 0 Å². The van der Waals surface area contributed by atoms with Crippen LogP contribution in [0.5, 0.6) is 0 Å². The van der Waals surface area contributed by atoms with E-state index >= 15 is 0 Å². The van der Waals surface area contributed by atoms with Crippen LogP contribution in [-0.2, 0) is 0 Å². The Balaban J connectivity index is 1.42. The van der Waals surface area contributed by atoms with Crippen molar-refractivity contribution in [2.24, 2.45) is 0 Å². The van der Waals surface area contributed by atoms with Crippen LogP contribution >= 0.6 is 0 Å². The van der Waals surface area contributed by atoms with E-state index in [4.69, 9.17) is 33.3 Å². The topological polar surface area (TPSA) is 69.7 Å². The predicted octanol–water partition coefficient (Wildman–Crippen LogP) is 8.25. The number of hydrogen-bond acceptors (Lipinski definition) is 4. The molecule has 0 aliphatic carbocycles. The minimum Gasteiger partial charge on any atom is -0.294 e. The molecule has 0 radical (unpaired) electrons. The van der Waals surface area contributed by atoms with Crippen LogP contribution in [-0.4, -0.2) is 37.7 Å². The Morgan fingerprint density at radius 3 is 2.11 bits per heavy atom. The number of fused-ring (bicyclic) bond motifs is 15. The van der Waals surface area contributed by atoms with E-state index in [-0.39, 0.29) is 83.5 Å². The first-order valence-corrected chi connectivity index (χ1v) is 13.6. The highest BCUT2D eigenvalue weighted by atomic mass is 15.3. The zero-order valence-corrected chi connectivity index (χ0v) is 22.7. The van der Waals surface area contributed by atoms with E-state index in [0.717, 1.165) is 16.7 Å². The largest absolute Gasteiger partial charge is 0.294 e. The highest BCUT2D eigenvalue weighted by molar-refractivity contribution is 6.09. The normalized spacial score (nSPS) is 18.4. The number of pyridine rings is 1. The molecule has 0 unspecified atom stereocenters. The van der Waals surface area contributed by atoms with Gasteiger partial charge in [0.15, 0.2) is 5.65 Å². The molecule has 0 aliphatic heterocycles. The monoisotopic (exact) mass is 610 g/mol. The van der Waals surface area contributed by atoms with Crippen LogP contribution in [0.1, 0.15) is 27.4 Å². The number of para-hydroxylation sites is 5. The molecular formula is C38H22N8. The molecule has 11 aromatic rings. The number of benzene rings is 5. The Bertz CT molecular complexity index is 4190. The van der Waals surface area contributed by atoms with Crippen molar-refractivity contribution in [3.8, 4) is 16.9 Å². The van der Waals surface area contributed by atoms with E-state index < -0.39 is 127 Å². The van der Waals surface area contributed by atoms with E-state index in [2.05, 4.69) is 9.97 Å². The van der Waals surface area contributed by atoms with Crippen LogP contribution in [0.3, 0.4) is 0 Å². The van der Waals surface area contributed by atoms with Crippen molar-refractivity contribution in [1.82, 2.24) is 37.7 Å². The Labute approximate surface area is 288 Å². The summed E-state index contributed by atoms with van der Waals surface area (Å²) in [6, 6.07) is -10.1. The number of nitrogens with zero attached hydrogens (tertiary/aromatic N) is 8. The minimum absolute atomic E-state index is 0.130. The second kappa shape index (κ2) is 8.55. The fourth-order valence-electron chi connectivity index (χ4n) is 5.96. The lowest BCUT2D eigenvalue weighted by atomic mass is 10.0. The zero-order chi connectivity index (χ0) is 47.3. The number of aromatic nitrogens is 8. The van der Waals surface area contributed by atoms with Gasteiger partial charge in [0.25, 0.3) is 0 Å². The predicted molar refractivity (Wildman–Crippen MR) is 183 cm³/mol. The molecule has 11 rings (SSSR count). The summed E-state index contributed by atoms with van der Waals surface area (Å²) in [6.45, 7) is 0. The highest BCUT2D eigenvalue weighted by Gasteiger charge is 2.23. The summed E-state index contributed by atoms with van der Waals surface area (Å²) in [7, 11) is 0. The van der Waals surface area contributed by atoms with E-state index in [0.29, 0.717) is 0 Å². The molecule has 214 valence electrons. The summed E-state index contributed by atoms with van der Waals surface area (Å²) in [4.78, 5) is 18.9. The van der Waals surface area contributed by atoms with Crippen molar-refractivity contribution in [1.29, 1.82) is 0 Å². The highest BCUT2D eigenvalue weighted by Crippen LogP contribution is 2.34. The van der Waals surface area contributed by atoms with E-state index in [1.54, 1.807) is 0 Å². The van der Waals surface area contributed by atoms with Gasteiger partial charge in [-0.05, 0) is 47.9 Å². The van der Waals surface area contributed by atoms with Crippen LogP contribution < -0.4 is 0 Å². The molecule has 5 aromatic carbocycles. The van der Waals surface area contributed by atoms with Gasteiger partial charge in [-0.25, -0.2) is 33.1 Å². The van der Waals surface area contributed by atoms with Crippen LogP contribution in [0.4, 0.5) is 0 Å². The Morgan fingerprint density at radius 2 is 1.15 bits per heavy atom. The lowest BCUT2D eigenvalue weighted by Gasteiger charge is -2.08. The standard InChI is InChI=1S/C38H22N8/c1-2-11-23(12-3-1)24-15-10-20-32-34(24)42-38-45(32)36-39-27-16-6-9-19-31(27)44(36)37-40-28-21-22-33(41-35(28)46(37)38)43-29-17-7-4-13-25(29)26-14-5-8-18-30(26)43/h1-22H/i1D,2D,3D,4D,5D,6D,7D,8D,9D,10D,11D,13D,14D,15D,16D,17D,19D,20D,21D,22D. The lowest BCUT2D eigenvalue weighted by Crippen LogP contribution is -2.05. The van der Waals surface area contributed by atoms with Gasteiger partial charge in [0.1, 0.15) is 11.3 Å². The molecule has 0 bridgehead atoms. The van der Waals surface area contributed by atoms with Crippen LogP contribution in [0.2, 0.25) is 0 Å². The average molecular weight is 611 g/mol. The Kier molecular flexibility index (Phi) is 2.25. The van der Waals surface area contributed by atoms with Crippen molar-refractivity contribution in [3.63, 3.8) is 0 Å². The van der Waals surface area contributed by atoms with Gasteiger partial charge in [0.2, 0.25) is 17.3 Å². The molecule has 0 spiro atoms. The molecule has 0 aliphatic rings. The minimum atomic E-state index is -0.706. The first kappa shape index (κ1) is 12.1. The molecule has 0 fully saturated rings. The first-order valence-electron chi connectivity index (χ1n) is 23.6. The SMILES string of the molecule is [2H]c1cc(-c2c([2H])c([2H])c([2H])c3c2nc2n4c5nc(-n6c7cc([2H])c([2H])c([2H])c7c7c([2H])c([2H])c([2H])c([2H])c76)c([2H])c([2H])c5nc4n4c5c([2H])c([2H])c([2H])c([2H])c5nc4n32)c([2H])c([2H])c1[2H]. The van der Waals surface area contributed by atoms with E-state index in [1.165, 1.54) is 13.2 Å². The summed E-state index contributed by atoms with van der Waals surface area (Å²) in [6.07, 6.45) is 0. The summed E-state index contributed by atoms with van der Waals surface area (Å²) in [5.41, 5.74) is -2.71. The molecule has 8 nitrogen and oxygen atoms in total. The quantitative estimate of drug-likeness (QED) is 0.198. The summed E-state index contributed by atoms with van der Waals surface area (Å²) < 4.78 is 180. The second-order valence-corrected chi connectivity index (χ2v) is 10.2. The Hall–Kier alpha value is -6.54. The molecule has 0 N–H and O–H groups in total. The molecule has 8 heteroatoms. The van der Waals surface area contributed by atoms with E-state index in [9.17, 15) is 4.11 Å².